The third kappa shape index (κ3) is 5.27. The summed E-state index contributed by atoms with van der Waals surface area (Å²) in [5.74, 6) is 1.08. The van der Waals surface area contributed by atoms with Crippen LogP contribution in [0.5, 0.6) is 17.4 Å². The summed E-state index contributed by atoms with van der Waals surface area (Å²) < 4.78 is 16.9. The van der Waals surface area contributed by atoms with Crippen LogP contribution in [-0.4, -0.2) is 56.3 Å². The minimum atomic E-state index is -0.278. The number of morpholine rings is 1. The molecule has 4 rings (SSSR count). The van der Waals surface area contributed by atoms with Gasteiger partial charge in [-0.2, -0.15) is 4.98 Å². The van der Waals surface area contributed by atoms with Gasteiger partial charge >= 0.3 is 0 Å². The van der Waals surface area contributed by atoms with Crippen molar-refractivity contribution in [1.82, 2.24) is 15.3 Å². The maximum atomic E-state index is 12.1. The molecule has 0 unspecified atom stereocenters. The summed E-state index contributed by atoms with van der Waals surface area (Å²) in [4.78, 5) is 23.0. The van der Waals surface area contributed by atoms with Gasteiger partial charge in [0.1, 0.15) is 16.5 Å². The molecule has 0 atom stereocenters. The van der Waals surface area contributed by atoms with Gasteiger partial charge in [-0.3, -0.25) is 4.79 Å². The van der Waals surface area contributed by atoms with Crippen LogP contribution in [0.1, 0.15) is 10.4 Å². The maximum absolute atomic E-state index is 12.1. The second kappa shape index (κ2) is 10.4. The summed E-state index contributed by atoms with van der Waals surface area (Å²) >= 11 is 6.26. The number of anilines is 3. The quantitative estimate of drug-likeness (QED) is 0.538. The van der Waals surface area contributed by atoms with Crippen molar-refractivity contribution in [1.29, 1.82) is 0 Å². The molecule has 2 aromatic carbocycles. The van der Waals surface area contributed by atoms with Crippen LogP contribution >= 0.6 is 11.6 Å². The summed E-state index contributed by atoms with van der Waals surface area (Å²) in [6, 6.07) is 12.7. The number of methoxy groups -OCH3 is 1. The molecule has 0 radical (unpaired) electrons. The number of para-hydroxylation sites is 1. The van der Waals surface area contributed by atoms with Crippen molar-refractivity contribution in [3.8, 4) is 17.4 Å². The van der Waals surface area contributed by atoms with E-state index in [0.717, 1.165) is 18.8 Å². The first-order valence-electron chi connectivity index (χ1n) is 10.4. The third-order valence-corrected chi connectivity index (χ3v) is 5.34. The van der Waals surface area contributed by atoms with Gasteiger partial charge in [-0.05, 0) is 24.3 Å². The lowest BCUT2D eigenvalue weighted by Gasteiger charge is -2.29. The van der Waals surface area contributed by atoms with Gasteiger partial charge in [0.25, 0.3) is 5.91 Å². The Labute approximate surface area is 196 Å². The van der Waals surface area contributed by atoms with E-state index in [-0.39, 0.29) is 22.8 Å². The van der Waals surface area contributed by atoms with Crippen molar-refractivity contribution in [3.63, 3.8) is 0 Å². The fraction of sp³-hybridized carbons (Fsp3) is 0.261. The largest absolute Gasteiger partial charge is 0.494 e. The summed E-state index contributed by atoms with van der Waals surface area (Å²) in [7, 11) is 3.16. The van der Waals surface area contributed by atoms with E-state index >= 15 is 0 Å². The van der Waals surface area contributed by atoms with Crippen LogP contribution in [0, 0.1) is 0 Å². The predicted molar refractivity (Wildman–Crippen MR) is 126 cm³/mol. The van der Waals surface area contributed by atoms with Crippen molar-refractivity contribution in [3.05, 3.63) is 59.2 Å². The van der Waals surface area contributed by atoms with E-state index in [2.05, 4.69) is 25.5 Å². The van der Waals surface area contributed by atoms with Crippen LogP contribution in [-0.2, 0) is 4.74 Å². The van der Waals surface area contributed by atoms with Gasteiger partial charge in [0.05, 0.1) is 37.8 Å². The molecule has 1 aliphatic rings. The summed E-state index contributed by atoms with van der Waals surface area (Å²) in [5.41, 5.74) is 2.10. The number of carbonyl (C=O) groups excluding carboxylic acids is 1. The number of halogens is 1. The Balaban J connectivity index is 1.57. The minimum Gasteiger partial charge on any atom is -0.494 e. The number of ether oxygens (including phenoxy) is 3. The topological polar surface area (TPSA) is 97.8 Å². The molecule has 172 valence electrons. The molecule has 0 aliphatic carbocycles. The SMILES string of the molecule is CNC(=O)c1ccccc1Oc1nc(Nc2ccc(N3CCOCC3)cc2OC)ncc1Cl. The van der Waals surface area contributed by atoms with Gasteiger partial charge in [-0.25, -0.2) is 4.98 Å². The van der Waals surface area contributed by atoms with E-state index in [4.69, 9.17) is 25.8 Å². The van der Waals surface area contributed by atoms with E-state index in [1.807, 2.05) is 18.2 Å². The third-order valence-electron chi connectivity index (χ3n) is 5.09. The number of hydrogen-bond acceptors (Lipinski definition) is 8. The van der Waals surface area contributed by atoms with Gasteiger partial charge in [0, 0.05) is 31.9 Å². The van der Waals surface area contributed by atoms with Gasteiger partial charge in [-0.15, -0.1) is 0 Å². The van der Waals surface area contributed by atoms with Crippen LogP contribution in [0.2, 0.25) is 5.02 Å². The van der Waals surface area contributed by atoms with Crippen molar-refractivity contribution >= 4 is 34.8 Å². The van der Waals surface area contributed by atoms with Crippen LogP contribution in [0.15, 0.2) is 48.7 Å². The van der Waals surface area contributed by atoms with E-state index in [1.165, 1.54) is 6.20 Å². The van der Waals surface area contributed by atoms with Gasteiger partial charge in [-0.1, -0.05) is 23.7 Å². The highest BCUT2D eigenvalue weighted by Crippen LogP contribution is 2.34. The fourth-order valence-corrected chi connectivity index (χ4v) is 3.52. The first kappa shape index (κ1) is 22.6. The second-order valence-corrected chi connectivity index (χ2v) is 7.54. The average molecular weight is 470 g/mol. The van der Waals surface area contributed by atoms with E-state index in [0.29, 0.717) is 36.0 Å². The maximum Gasteiger partial charge on any atom is 0.254 e. The second-order valence-electron chi connectivity index (χ2n) is 7.13. The molecule has 1 fully saturated rings. The summed E-state index contributed by atoms with van der Waals surface area (Å²) in [6.45, 7) is 3.06. The molecule has 1 aromatic heterocycles. The first-order valence-corrected chi connectivity index (χ1v) is 10.8. The predicted octanol–water partition coefficient (Wildman–Crippen LogP) is 3.87. The number of carbonyl (C=O) groups is 1. The Bertz CT molecular complexity index is 1140. The Morgan fingerprint density at radius 1 is 1.15 bits per heavy atom. The van der Waals surface area contributed by atoms with Crippen molar-refractivity contribution in [2.75, 3.05) is 50.7 Å². The van der Waals surface area contributed by atoms with Gasteiger partial charge in [0.15, 0.2) is 0 Å². The number of hydrogen-bond donors (Lipinski definition) is 2. The highest BCUT2D eigenvalue weighted by atomic mass is 35.5. The van der Waals surface area contributed by atoms with E-state index in [1.54, 1.807) is 38.4 Å². The molecule has 3 aromatic rings. The highest BCUT2D eigenvalue weighted by molar-refractivity contribution is 6.31. The van der Waals surface area contributed by atoms with E-state index in [9.17, 15) is 4.79 Å². The van der Waals surface area contributed by atoms with Crippen LogP contribution < -0.4 is 25.0 Å². The molecule has 1 amide bonds. The molecule has 2 N–H and O–H groups in total. The number of nitrogens with one attached hydrogen (secondary N) is 2. The number of amides is 1. The van der Waals surface area contributed by atoms with Crippen molar-refractivity contribution < 1.29 is 19.0 Å². The zero-order chi connectivity index (χ0) is 23.2. The molecule has 33 heavy (non-hydrogen) atoms. The molecule has 10 heteroatoms. The number of rotatable bonds is 7. The van der Waals surface area contributed by atoms with Crippen molar-refractivity contribution in [2.24, 2.45) is 0 Å². The molecular weight excluding hydrogens is 446 g/mol. The summed E-state index contributed by atoms with van der Waals surface area (Å²) in [5, 5.41) is 5.94. The molecule has 1 aliphatic heterocycles. The zero-order valence-electron chi connectivity index (χ0n) is 18.3. The van der Waals surface area contributed by atoms with Crippen LogP contribution in [0.25, 0.3) is 0 Å². The van der Waals surface area contributed by atoms with Crippen LogP contribution in [0.4, 0.5) is 17.3 Å². The fourth-order valence-electron chi connectivity index (χ4n) is 3.39. The normalized spacial score (nSPS) is 13.4. The molecule has 1 saturated heterocycles. The minimum absolute atomic E-state index is 0.120. The van der Waals surface area contributed by atoms with Crippen LogP contribution in [0.3, 0.4) is 0 Å². The lowest BCUT2D eigenvalue weighted by atomic mass is 10.2. The lowest BCUT2D eigenvalue weighted by molar-refractivity contribution is 0.0960. The molecule has 0 bridgehead atoms. The molecule has 0 spiro atoms. The monoisotopic (exact) mass is 469 g/mol. The smallest absolute Gasteiger partial charge is 0.254 e. The van der Waals surface area contributed by atoms with Crippen molar-refractivity contribution in [2.45, 2.75) is 0 Å². The Kier molecular flexibility index (Phi) is 7.11. The molecule has 9 nitrogen and oxygen atoms in total. The first-order chi connectivity index (χ1) is 16.1. The molecule has 2 heterocycles. The average Bonchev–Trinajstić information content (AvgIpc) is 2.86. The Morgan fingerprint density at radius 3 is 2.70 bits per heavy atom. The summed E-state index contributed by atoms with van der Waals surface area (Å²) in [6.07, 6.45) is 1.43. The molecular formula is C23H24ClN5O4. The number of aromatic nitrogens is 2. The Hall–Kier alpha value is -3.56. The lowest BCUT2D eigenvalue weighted by Crippen LogP contribution is -2.36. The van der Waals surface area contributed by atoms with Gasteiger partial charge < -0.3 is 29.7 Å². The highest BCUT2D eigenvalue weighted by Gasteiger charge is 2.17. The molecule has 0 saturated carbocycles. The number of nitrogens with zero attached hydrogens (tertiary/aromatic N) is 3. The number of benzene rings is 2. The van der Waals surface area contributed by atoms with E-state index < -0.39 is 0 Å². The zero-order valence-corrected chi connectivity index (χ0v) is 19.1. The Morgan fingerprint density at radius 2 is 1.94 bits per heavy atom. The standard InChI is InChI=1S/C23H24ClN5O4/c1-25-21(30)16-5-3-4-6-19(16)33-22-17(24)14-26-23(28-22)27-18-8-7-15(13-20(18)31-2)29-9-11-32-12-10-29/h3-8,13-14H,9-12H2,1-2H3,(H,25,30)(H,26,27,28). The van der Waals surface area contributed by atoms with Gasteiger partial charge in [0.2, 0.25) is 11.8 Å².